The highest BCUT2D eigenvalue weighted by Gasteiger charge is 2.25. The van der Waals surface area contributed by atoms with Gasteiger partial charge in [0.15, 0.2) is 18.9 Å². The zero-order chi connectivity index (χ0) is 9.80. The van der Waals surface area contributed by atoms with Crippen LogP contribution in [0.4, 0.5) is 0 Å². The molecule has 14 heavy (non-hydrogen) atoms. The van der Waals surface area contributed by atoms with Gasteiger partial charge in [-0.05, 0) is 26.3 Å². The first-order valence-electron chi connectivity index (χ1n) is 5.50. The van der Waals surface area contributed by atoms with Crippen molar-refractivity contribution in [3.05, 3.63) is 30.6 Å². The molecule has 1 aromatic heterocycles. The molecule has 0 spiro atoms. The van der Waals surface area contributed by atoms with Gasteiger partial charge in [0.1, 0.15) is 0 Å². The van der Waals surface area contributed by atoms with E-state index in [1.165, 1.54) is 25.8 Å². The van der Waals surface area contributed by atoms with Crippen LogP contribution in [0.25, 0.3) is 0 Å². The van der Waals surface area contributed by atoms with Gasteiger partial charge < -0.3 is 5.32 Å². The second kappa shape index (κ2) is 4.56. The first-order valence-corrected chi connectivity index (χ1v) is 5.50. The average Bonchev–Trinajstić information content (AvgIpc) is 2.67. The van der Waals surface area contributed by atoms with Crippen LogP contribution in [0.1, 0.15) is 19.3 Å². The first-order chi connectivity index (χ1) is 6.88. The van der Waals surface area contributed by atoms with Crippen LogP contribution in [0, 0.1) is 5.92 Å². The molecule has 0 amide bonds. The van der Waals surface area contributed by atoms with Crippen molar-refractivity contribution in [2.24, 2.45) is 5.92 Å². The predicted octanol–water partition coefficient (Wildman–Crippen LogP) is 1.36. The van der Waals surface area contributed by atoms with E-state index in [-0.39, 0.29) is 0 Å². The Labute approximate surface area is 86.0 Å². The van der Waals surface area contributed by atoms with E-state index in [9.17, 15) is 0 Å². The molecule has 1 saturated carbocycles. The number of nitrogens with one attached hydrogen (secondary N) is 1. The van der Waals surface area contributed by atoms with Crippen molar-refractivity contribution in [3.63, 3.8) is 0 Å². The number of hydrogen-bond donors (Lipinski definition) is 1. The third-order valence-electron chi connectivity index (χ3n) is 3.20. The summed E-state index contributed by atoms with van der Waals surface area (Å²) in [6.45, 7) is 1.18. The molecule has 0 aliphatic heterocycles. The van der Waals surface area contributed by atoms with Crippen LogP contribution in [0.15, 0.2) is 30.6 Å². The highest BCUT2D eigenvalue weighted by molar-refractivity contribution is 4.84. The lowest BCUT2D eigenvalue weighted by molar-refractivity contribution is -0.703. The second-order valence-electron chi connectivity index (χ2n) is 4.24. The van der Waals surface area contributed by atoms with E-state index >= 15 is 0 Å². The van der Waals surface area contributed by atoms with Crippen molar-refractivity contribution >= 4 is 0 Å². The van der Waals surface area contributed by atoms with E-state index in [4.69, 9.17) is 0 Å². The zero-order valence-corrected chi connectivity index (χ0v) is 8.82. The van der Waals surface area contributed by atoms with Gasteiger partial charge in [0.25, 0.3) is 0 Å². The van der Waals surface area contributed by atoms with Crippen LogP contribution in [0.2, 0.25) is 0 Å². The van der Waals surface area contributed by atoms with E-state index in [2.05, 4.69) is 47.5 Å². The Kier molecular flexibility index (Phi) is 3.14. The monoisotopic (exact) mass is 191 g/mol. The predicted molar refractivity (Wildman–Crippen MR) is 56.8 cm³/mol. The topological polar surface area (TPSA) is 15.9 Å². The molecule has 1 aliphatic rings. The van der Waals surface area contributed by atoms with Crippen molar-refractivity contribution in [1.29, 1.82) is 0 Å². The molecule has 1 fully saturated rings. The van der Waals surface area contributed by atoms with Crippen molar-refractivity contribution in [3.8, 4) is 0 Å². The number of nitrogens with zero attached hydrogens (tertiary/aromatic N) is 1. The van der Waals surface area contributed by atoms with Gasteiger partial charge in [0, 0.05) is 24.1 Å². The van der Waals surface area contributed by atoms with Gasteiger partial charge in [-0.15, -0.1) is 0 Å². The molecule has 1 heterocycles. The summed E-state index contributed by atoms with van der Waals surface area (Å²) in [5.41, 5.74) is 0. The molecule has 2 unspecified atom stereocenters. The summed E-state index contributed by atoms with van der Waals surface area (Å²) in [5.74, 6) is 0.861. The van der Waals surface area contributed by atoms with Crippen LogP contribution >= 0.6 is 0 Å². The molecule has 0 bridgehead atoms. The second-order valence-corrected chi connectivity index (χ2v) is 4.24. The Balaban J connectivity index is 1.88. The molecule has 2 nitrogen and oxygen atoms in total. The van der Waals surface area contributed by atoms with Gasteiger partial charge in [-0.2, -0.15) is 0 Å². The molecule has 0 aromatic carbocycles. The smallest absolute Gasteiger partial charge is 0.168 e. The van der Waals surface area contributed by atoms with Crippen molar-refractivity contribution in [2.75, 3.05) is 7.05 Å². The Bertz CT molecular complexity index is 271. The minimum absolute atomic E-state index is 0.754. The van der Waals surface area contributed by atoms with E-state index < -0.39 is 0 Å². The normalized spacial score (nSPS) is 26.6. The Morgan fingerprint density at radius 1 is 1.21 bits per heavy atom. The van der Waals surface area contributed by atoms with Crippen LogP contribution in [-0.2, 0) is 6.54 Å². The quantitative estimate of drug-likeness (QED) is 0.713. The molecule has 0 saturated heterocycles. The maximum absolute atomic E-state index is 3.37. The molecule has 2 rings (SSSR count). The Morgan fingerprint density at radius 3 is 2.64 bits per heavy atom. The lowest BCUT2D eigenvalue weighted by Crippen LogP contribution is -2.36. The first kappa shape index (κ1) is 9.66. The number of aromatic nitrogens is 1. The van der Waals surface area contributed by atoms with Gasteiger partial charge in [-0.1, -0.05) is 6.07 Å². The third-order valence-corrected chi connectivity index (χ3v) is 3.20. The standard InChI is InChI=1S/C12H19N2/c1-13-12-6-5-11(9-12)10-14-7-3-2-4-8-14/h2-4,7-8,11-13H,5-6,9-10H2,1H3/q+1. The van der Waals surface area contributed by atoms with Crippen molar-refractivity contribution in [2.45, 2.75) is 31.8 Å². The van der Waals surface area contributed by atoms with E-state index in [0.29, 0.717) is 0 Å². The number of hydrogen-bond acceptors (Lipinski definition) is 1. The molecule has 1 N–H and O–H groups in total. The maximum atomic E-state index is 3.37. The van der Waals surface area contributed by atoms with E-state index in [1.807, 2.05) is 0 Å². The summed E-state index contributed by atoms with van der Waals surface area (Å²) in [4.78, 5) is 0. The fraction of sp³-hybridized carbons (Fsp3) is 0.583. The largest absolute Gasteiger partial charge is 0.317 e. The van der Waals surface area contributed by atoms with Gasteiger partial charge in [0.2, 0.25) is 0 Å². The van der Waals surface area contributed by atoms with E-state index in [1.54, 1.807) is 0 Å². The summed E-state index contributed by atoms with van der Waals surface area (Å²) in [6.07, 6.45) is 8.36. The summed E-state index contributed by atoms with van der Waals surface area (Å²) in [7, 11) is 2.07. The minimum Gasteiger partial charge on any atom is -0.317 e. The lowest BCUT2D eigenvalue weighted by atomic mass is 10.1. The van der Waals surface area contributed by atoms with Crippen LogP contribution in [0.5, 0.6) is 0 Å². The van der Waals surface area contributed by atoms with Crippen molar-refractivity contribution in [1.82, 2.24) is 5.32 Å². The molecule has 2 heteroatoms. The van der Waals surface area contributed by atoms with E-state index in [0.717, 1.165) is 12.0 Å². The number of pyridine rings is 1. The molecular formula is C12H19N2+. The summed E-state index contributed by atoms with van der Waals surface area (Å²) in [5, 5.41) is 3.37. The zero-order valence-electron chi connectivity index (χ0n) is 8.82. The summed E-state index contributed by atoms with van der Waals surface area (Å²) >= 11 is 0. The van der Waals surface area contributed by atoms with Crippen LogP contribution in [0.3, 0.4) is 0 Å². The Morgan fingerprint density at radius 2 is 2.00 bits per heavy atom. The fourth-order valence-corrected chi connectivity index (χ4v) is 2.36. The maximum Gasteiger partial charge on any atom is 0.168 e. The van der Waals surface area contributed by atoms with Gasteiger partial charge >= 0.3 is 0 Å². The van der Waals surface area contributed by atoms with Gasteiger partial charge in [0.05, 0.1) is 0 Å². The Hall–Kier alpha value is -0.890. The minimum atomic E-state index is 0.754. The average molecular weight is 191 g/mol. The van der Waals surface area contributed by atoms with Crippen LogP contribution < -0.4 is 9.88 Å². The summed E-state index contributed by atoms with van der Waals surface area (Å²) in [6, 6.07) is 7.03. The van der Waals surface area contributed by atoms with Gasteiger partial charge in [-0.25, -0.2) is 4.57 Å². The molecule has 76 valence electrons. The highest BCUT2D eigenvalue weighted by atomic mass is 14.9. The molecule has 2 atom stereocenters. The molecule has 1 aromatic rings. The summed E-state index contributed by atoms with van der Waals surface area (Å²) < 4.78 is 2.29. The molecular weight excluding hydrogens is 172 g/mol. The SMILES string of the molecule is CNC1CCC(C[n+]2ccccc2)C1. The van der Waals surface area contributed by atoms with Crippen molar-refractivity contribution < 1.29 is 4.57 Å². The number of rotatable bonds is 3. The van der Waals surface area contributed by atoms with Gasteiger partial charge in [-0.3, -0.25) is 0 Å². The third kappa shape index (κ3) is 2.32. The molecule has 0 radical (unpaired) electrons. The molecule has 1 aliphatic carbocycles. The fourth-order valence-electron chi connectivity index (χ4n) is 2.36. The lowest BCUT2D eigenvalue weighted by Gasteiger charge is -2.07. The highest BCUT2D eigenvalue weighted by Crippen LogP contribution is 2.25. The van der Waals surface area contributed by atoms with Crippen LogP contribution in [-0.4, -0.2) is 13.1 Å².